The second-order valence-electron chi connectivity index (χ2n) is 7.41. The molecule has 0 radical (unpaired) electrons. The predicted octanol–water partition coefficient (Wildman–Crippen LogP) is 1.40. The fraction of sp³-hybridized carbons (Fsp3) is 0.667. The van der Waals surface area contributed by atoms with Gasteiger partial charge in [-0.05, 0) is 44.6 Å². The van der Waals surface area contributed by atoms with E-state index in [1.54, 1.807) is 7.05 Å². The minimum absolute atomic E-state index is 0.0181. The Morgan fingerprint density at radius 3 is 2.30 bits per heavy atom. The lowest BCUT2D eigenvalue weighted by atomic mass is 9.96. The van der Waals surface area contributed by atoms with Crippen molar-refractivity contribution < 1.29 is 22.7 Å². The summed E-state index contributed by atoms with van der Waals surface area (Å²) in [5.41, 5.74) is 5.40. The molecule has 2 fully saturated rings. The standard InChI is InChI=1S/C18H27N3O5S/c1-20-12-15(11-16(20)17(19)22)27(24,25)21-9-7-13(8-10-21)18(23)26-14-5-3-2-4-6-14/h11-14H,2-10H2,1H3,(H2,19,22). The second kappa shape index (κ2) is 8.02. The number of hydrogen-bond acceptors (Lipinski definition) is 5. The number of rotatable bonds is 5. The summed E-state index contributed by atoms with van der Waals surface area (Å²) in [5, 5.41) is 0. The number of nitrogens with zero attached hydrogens (tertiary/aromatic N) is 2. The van der Waals surface area contributed by atoms with Crippen molar-refractivity contribution in [2.24, 2.45) is 18.7 Å². The van der Waals surface area contributed by atoms with Crippen LogP contribution in [0.4, 0.5) is 0 Å². The number of primary amides is 1. The molecule has 2 heterocycles. The number of carbonyl (C=O) groups excluding carboxylic acids is 2. The smallest absolute Gasteiger partial charge is 0.309 e. The van der Waals surface area contributed by atoms with Crippen molar-refractivity contribution in [2.75, 3.05) is 13.1 Å². The fourth-order valence-corrected chi connectivity index (χ4v) is 5.39. The summed E-state index contributed by atoms with van der Waals surface area (Å²) < 4.78 is 34.0. The number of aryl methyl sites for hydroxylation is 1. The van der Waals surface area contributed by atoms with Crippen LogP contribution in [0.25, 0.3) is 0 Å². The van der Waals surface area contributed by atoms with E-state index in [-0.39, 0.29) is 41.7 Å². The molecule has 150 valence electrons. The van der Waals surface area contributed by atoms with Crippen molar-refractivity contribution in [3.8, 4) is 0 Å². The summed E-state index contributed by atoms with van der Waals surface area (Å²) in [6, 6.07) is 1.29. The van der Waals surface area contributed by atoms with Gasteiger partial charge >= 0.3 is 5.97 Å². The first kappa shape index (κ1) is 19.9. The van der Waals surface area contributed by atoms with Gasteiger partial charge in [-0.25, -0.2) is 8.42 Å². The fourth-order valence-electron chi connectivity index (χ4n) is 3.84. The lowest BCUT2D eigenvalue weighted by Gasteiger charge is -2.31. The third kappa shape index (κ3) is 4.35. The van der Waals surface area contributed by atoms with Gasteiger partial charge in [0.1, 0.15) is 16.7 Å². The van der Waals surface area contributed by atoms with Gasteiger partial charge in [-0.3, -0.25) is 9.59 Å². The van der Waals surface area contributed by atoms with Gasteiger partial charge in [0, 0.05) is 26.3 Å². The zero-order valence-corrected chi connectivity index (χ0v) is 16.4. The summed E-state index contributed by atoms with van der Waals surface area (Å²) in [6.45, 7) is 0.515. The quantitative estimate of drug-likeness (QED) is 0.755. The normalized spacial score (nSPS) is 20.5. The molecule has 2 aliphatic rings. The lowest BCUT2D eigenvalue weighted by molar-refractivity contribution is -0.156. The van der Waals surface area contributed by atoms with Crippen LogP contribution in [0.5, 0.6) is 0 Å². The van der Waals surface area contributed by atoms with Crippen molar-refractivity contribution in [2.45, 2.75) is 55.9 Å². The van der Waals surface area contributed by atoms with Gasteiger partial charge in [0.15, 0.2) is 0 Å². The Morgan fingerprint density at radius 2 is 1.74 bits per heavy atom. The minimum atomic E-state index is -3.72. The van der Waals surface area contributed by atoms with Gasteiger partial charge in [-0.1, -0.05) is 6.42 Å². The Labute approximate surface area is 159 Å². The van der Waals surface area contributed by atoms with Gasteiger partial charge in [-0.15, -0.1) is 0 Å². The highest BCUT2D eigenvalue weighted by molar-refractivity contribution is 7.89. The number of esters is 1. The van der Waals surface area contributed by atoms with Crippen molar-refractivity contribution >= 4 is 21.9 Å². The van der Waals surface area contributed by atoms with Crippen LogP contribution in [-0.4, -0.2) is 48.4 Å². The molecule has 0 unspecified atom stereocenters. The van der Waals surface area contributed by atoms with Crippen LogP contribution in [0, 0.1) is 5.92 Å². The number of hydrogen-bond donors (Lipinski definition) is 1. The van der Waals surface area contributed by atoms with Gasteiger partial charge < -0.3 is 15.0 Å². The van der Waals surface area contributed by atoms with Crippen LogP contribution in [-0.2, 0) is 26.6 Å². The molecule has 1 amide bonds. The molecule has 1 aliphatic carbocycles. The summed E-state index contributed by atoms with van der Waals surface area (Å²) in [6.07, 6.45) is 7.54. The Bertz CT molecular complexity index is 803. The Kier molecular flexibility index (Phi) is 5.90. The van der Waals surface area contributed by atoms with E-state index in [2.05, 4.69) is 0 Å². The van der Waals surface area contributed by atoms with E-state index in [4.69, 9.17) is 10.5 Å². The zero-order valence-electron chi connectivity index (χ0n) is 15.6. The van der Waals surface area contributed by atoms with E-state index in [9.17, 15) is 18.0 Å². The van der Waals surface area contributed by atoms with E-state index in [0.717, 1.165) is 25.7 Å². The minimum Gasteiger partial charge on any atom is -0.462 e. The SMILES string of the molecule is Cn1cc(S(=O)(=O)N2CCC(C(=O)OC3CCCCC3)CC2)cc1C(N)=O. The highest BCUT2D eigenvalue weighted by Crippen LogP contribution is 2.27. The van der Waals surface area contributed by atoms with Gasteiger partial charge in [-0.2, -0.15) is 4.31 Å². The molecule has 0 atom stereocenters. The van der Waals surface area contributed by atoms with Crippen molar-refractivity contribution in [3.63, 3.8) is 0 Å². The summed E-state index contributed by atoms with van der Waals surface area (Å²) in [4.78, 5) is 23.8. The molecular formula is C18H27N3O5S. The number of nitrogens with two attached hydrogens (primary N) is 1. The molecular weight excluding hydrogens is 370 g/mol. The number of sulfonamides is 1. The van der Waals surface area contributed by atoms with Crippen molar-refractivity contribution in [3.05, 3.63) is 18.0 Å². The molecule has 0 spiro atoms. The molecule has 27 heavy (non-hydrogen) atoms. The molecule has 2 N–H and O–H groups in total. The van der Waals surface area contributed by atoms with E-state index < -0.39 is 15.9 Å². The maximum absolute atomic E-state index is 12.8. The lowest BCUT2D eigenvalue weighted by Crippen LogP contribution is -2.41. The first-order valence-electron chi connectivity index (χ1n) is 9.46. The molecule has 1 aromatic rings. The van der Waals surface area contributed by atoms with Crippen LogP contribution in [0.3, 0.4) is 0 Å². The van der Waals surface area contributed by atoms with Crippen LogP contribution < -0.4 is 5.73 Å². The molecule has 0 bridgehead atoms. The maximum Gasteiger partial charge on any atom is 0.309 e. The molecule has 0 aromatic carbocycles. The molecule has 1 aliphatic heterocycles. The first-order chi connectivity index (χ1) is 12.8. The number of ether oxygens (including phenoxy) is 1. The Morgan fingerprint density at radius 1 is 1.11 bits per heavy atom. The van der Waals surface area contributed by atoms with Crippen LogP contribution in [0.15, 0.2) is 17.2 Å². The summed E-state index contributed by atoms with van der Waals surface area (Å²) in [7, 11) is -2.14. The third-order valence-corrected chi connectivity index (χ3v) is 7.36. The van der Waals surface area contributed by atoms with Crippen molar-refractivity contribution in [1.82, 2.24) is 8.87 Å². The molecule has 8 nitrogen and oxygen atoms in total. The third-order valence-electron chi connectivity index (χ3n) is 5.49. The Balaban J connectivity index is 1.60. The van der Waals surface area contributed by atoms with E-state index in [0.29, 0.717) is 12.8 Å². The van der Waals surface area contributed by atoms with Crippen molar-refractivity contribution in [1.29, 1.82) is 0 Å². The van der Waals surface area contributed by atoms with Gasteiger partial charge in [0.2, 0.25) is 10.0 Å². The van der Waals surface area contributed by atoms with E-state index in [1.807, 2.05) is 0 Å². The average molecular weight is 397 g/mol. The van der Waals surface area contributed by atoms with Gasteiger partial charge in [0.05, 0.1) is 5.92 Å². The summed E-state index contributed by atoms with van der Waals surface area (Å²) in [5.74, 6) is -1.13. The molecule has 1 aromatic heterocycles. The van der Waals surface area contributed by atoms with Crippen LogP contribution in [0.1, 0.15) is 55.4 Å². The maximum atomic E-state index is 12.8. The molecule has 1 saturated heterocycles. The van der Waals surface area contributed by atoms with E-state index >= 15 is 0 Å². The first-order valence-corrected chi connectivity index (χ1v) is 10.9. The molecule has 3 rings (SSSR count). The monoisotopic (exact) mass is 397 g/mol. The average Bonchev–Trinajstić information content (AvgIpc) is 3.05. The molecule has 9 heteroatoms. The number of amides is 1. The predicted molar refractivity (Wildman–Crippen MR) is 98.4 cm³/mol. The highest BCUT2D eigenvalue weighted by Gasteiger charge is 2.34. The number of piperidine rings is 1. The van der Waals surface area contributed by atoms with Crippen LogP contribution >= 0.6 is 0 Å². The topological polar surface area (TPSA) is 112 Å². The van der Waals surface area contributed by atoms with Gasteiger partial charge in [0.25, 0.3) is 5.91 Å². The summed E-state index contributed by atoms with van der Waals surface area (Å²) >= 11 is 0. The van der Waals surface area contributed by atoms with Crippen LogP contribution in [0.2, 0.25) is 0 Å². The van der Waals surface area contributed by atoms with E-state index in [1.165, 1.54) is 27.6 Å². The largest absolute Gasteiger partial charge is 0.462 e. The zero-order chi connectivity index (χ0) is 19.6. The Hall–Kier alpha value is -1.87. The molecule has 1 saturated carbocycles. The number of aromatic nitrogens is 1. The number of carbonyl (C=O) groups is 2. The second-order valence-corrected chi connectivity index (χ2v) is 9.35. The highest BCUT2D eigenvalue weighted by atomic mass is 32.2.